The molecule has 1 N–H and O–H groups in total. The van der Waals surface area contributed by atoms with Gasteiger partial charge in [-0.3, -0.25) is 4.79 Å². The Labute approximate surface area is 126 Å². The number of halogens is 2. The Balaban J connectivity index is 1.75. The molecular weight excluding hydrogens is 301 g/mol. The Hall–Kier alpha value is -1.03. The van der Waals surface area contributed by atoms with Gasteiger partial charge in [0.2, 0.25) is 0 Å². The first-order valence-corrected chi connectivity index (χ1v) is 7.51. The van der Waals surface area contributed by atoms with E-state index in [2.05, 4.69) is 17.4 Å². The Morgan fingerprint density at radius 2 is 1.95 bits per heavy atom. The smallest absolute Gasteiger partial charge is 0.261 e. The van der Waals surface area contributed by atoms with Gasteiger partial charge >= 0.3 is 0 Å². The van der Waals surface area contributed by atoms with Gasteiger partial charge in [-0.25, -0.2) is 0 Å². The number of hydrogen-bond acceptors (Lipinski definition) is 2. The van der Waals surface area contributed by atoms with Crippen molar-refractivity contribution in [3.8, 4) is 0 Å². The van der Waals surface area contributed by atoms with E-state index in [0.29, 0.717) is 20.8 Å². The molecule has 0 aliphatic heterocycles. The number of thiophene rings is 1. The minimum atomic E-state index is -0.119. The average molecular weight is 314 g/mol. The zero-order valence-corrected chi connectivity index (χ0v) is 12.5. The maximum Gasteiger partial charge on any atom is 0.261 e. The quantitative estimate of drug-likeness (QED) is 0.813. The highest BCUT2D eigenvalue weighted by atomic mass is 35.5. The Bertz CT molecular complexity index is 534. The van der Waals surface area contributed by atoms with Crippen LogP contribution in [0.3, 0.4) is 0 Å². The van der Waals surface area contributed by atoms with E-state index in [1.165, 1.54) is 16.9 Å². The van der Waals surface area contributed by atoms with E-state index in [9.17, 15) is 4.79 Å². The van der Waals surface area contributed by atoms with Crippen molar-refractivity contribution in [2.45, 2.75) is 12.8 Å². The SMILES string of the molecule is O=C(NCCCc1ccccc1)c1cc(Cl)c(Cl)s1. The molecule has 0 atom stereocenters. The molecule has 19 heavy (non-hydrogen) atoms. The van der Waals surface area contributed by atoms with Crippen LogP contribution in [0.2, 0.25) is 9.36 Å². The van der Waals surface area contributed by atoms with Crippen LogP contribution in [0.15, 0.2) is 36.4 Å². The van der Waals surface area contributed by atoms with E-state index in [1.54, 1.807) is 6.07 Å². The van der Waals surface area contributed by atoms with Crippen LogP contribution in [-0.2, 0) is 6.42 Å². The molecule has 0 bridgehead atoms. The molecule has 0 aliphatic carbocycles. The minimum absolute atomic E-state index is 0.119. The molecule has 1 aromatic heterocycles. The molecule has 0 unspecified atom stereocenters. The summed E-state index contributed by atoms with van der Waals surface area (Å²) in [5.74, 6) is -0.119. The van der Waals surface area contributed by atoms with E-state index < -0.39 is 0 Å². The molecular formula is C14H13Cl2NOS. The first kappa shape index (κ1) is 14.4. The second-order valence-corrected chi connectivity index (χ2v) is 6.14. The monoisotopic (exact) mass is 313 g/mol. The number of hydrogen-bond donors (Lipinski definition) is 1. The van der Waals surface area contributed by atoms with Gasteiger partial charge in [0.05, 0.1) is 9.90 Å². The fraction of sp³-hybridized carbons (Fsp3) is 0.214. The van der Waals surface area contributed by atoms with Crippen LogP contribution in [-0.4, -0.2) is 12.5 Å². The lowest BCUT2D eigenvalue weighted by atomic mass is 10.1. The van der Waals surface area contributed by atoms with Gasteiger partial charge in [0.1, 0.15) is 4.34 Å². The fourth-order valence-electron chi connectivity index (χ4n) is 1.68. The summed E-state index contributed by atoms with van der Waals surface area (Å²) in [6.07, 6.45) is 1.86. The number of amides is 1. The lowest BCUT2D eigenvalue weighted by Gasteiger charge is -2.03. The number of rotatable bonds is 5. The average Bonchev–Trinajstić information content (AvgIpc) is 2.76. The third-order valence-electron chi connectivity index (χ3n) is 2.64. The Kier molecular flexibility index (Phi) is 5.25. The van der Waals surface area contributed by atoms with Crippen molar-refractivity contribution in [3.63, 3.8) is 0 Å². The minimum Gasteiger partial charge on any atom is -0.351 e. The van der Waals surface area contributed by atoms with Crippen LogP contribution in [0.4, 0.5) is 0 Å². The van der Waals surface area contributed by atoms with Crippen molar-refractivity contribution in [1.29, 1.82) is 0 Å². The van der Waals surface area contributed by atoms with E-state index in [4.69, 9.17) is 23.2 Å². The van der Waals surface area contributed by atoms with Gasteiger partial charge in [0.15, 0.2) is 0 Å². The highest BCUT2D eigenvalue weighted by Gasteiger charge is 2.11. The summed E-state index contributed by atoms with van der Waals surface area (Å²) >= 11 is 12.8. The van der Waals surface area contributed by atoms with E-state index in [1.807, 2.05) is 18.2 Å². The molecule has 100 valence electrons. The zero-order chi connectivity index (χ0) is 13.7. The normalized spacial score (nSPS) is 10.4. The number of nitrogens with one attached hydrogen (secondary N) is 1. The van der Waals surface area contributed by atoms with Crippen molar-refractivity contribution in [2.24, 2.45) is 0 Å². The van der Waals surface area contributed by atoms with Crippen molar-refractivity contribution in [2.75, 3.05) is 6.54 Å². The largest absolute Gasteiger partial charge is 0.351 e. The summed E-state index contributed by atoms with van der Waals surface area (Å²) < 4.78 is 0.455. The summed E-state index contributed by atoms with van der Waals surface area (Å²) in [5, 5.41) is 3.30. The van der Waals surface area contributed by atoms with Crippen molar-refractivity contribution < 1.29 is 4.79 Å². The number of benzene rings is 1. The van der Waals surface area contributed by atoms with Gasteiger partial charge in [-0.2, -0.15) is 0 Å². The van der Waals surface area contributed by atoms with Crippen LogP contribution in [0.5, 0.6) is 0 Å². The third kappa shape index (κ3) is 4.23. The molecule has 2 nitrogen and oxygen atoms in total. The molecule has 0 spiro atoms. The summed E-state index contributed by atoms with van der Waals surface area (Å²) in [6.45, 7) is 0.640. The van der Waals surface area contributed by atoms with Gasteiger partial charge in [-0.05, 0) is 24.5 Å². The first-order chi connectivity index (χ1) is 9.16. The van der Waals surface area contributed by atoms with Crippen LogP contribution in [0.1, 0.15) is 21.7 Å². The van der Waals surface area contributed by atoms with Crippen LogP contribution in [0, 0.1) is 0 Å². The Morgan fingerprint density at radius 1 is 1.21 bits per heavy atom. The van der Waals surface area contributed by atoms with Crippen molar-refractivity contribution in [3.05, 3.63) is 56.2 Å². The molecule has 2 aromatic rings. The molecule has 1 amide bonds. The van der Waals surface area contributed by atoms with Gasteiger partial charge in [-0.15, -0.1) is 11.3 Å². The molecule has 1 aromatic carbocycles. The standard InChI is InChI=1S/C14H13Cl2NOS/c15-11-9-12(19-13(11)16)14(18)17-8-4-7-10-5-2-1-3-6-10/h1-3,5-6,9H,4,7-8H2,(H,17,18). The Morgan fingerprint density at radius 3 is 2.58 bits per heavy atom. The lowest BCUT2D eigenvalue weighted by molar-refractivity contribution is 0.0957. The lowest BCUT2D eigenvalue weighted by Crippen LogP contribution is -2.23. The van der Waals surface area contributed by atoms with E-state index >= 15 is 0 Å². The molecule has 1 heterocycles. The third-order valence-corrected chi connectivity index (χ3v) is 4.50. The maximum atomic E-state index is 11.8. The summed E-state index contributed by atoms with van der Waals surface area (Å²) in [7, 11) is 0. The topological polar surface area (TPSA) is 29.1 Å². The van der Waals surface area contributed by atoms with Gasteiger partial charge in [0.25, 0.3) is 5.91 Å². The zero-order valence-electron chi connectivity index (χ0n) is 10.2. The summed E-state index contributed by atoms with van der Waals surface area (Å²) in [6, 6.07) is 11.8. The van der Waals surface area contributed by atoms with Gasteiger partial charge in [-0.1, -0.05) is 53.5 Å². The molecule has 0 fully saturated rings. The molecule has 0 aliphatic rings. The predicted octanol–water partition coefficient (Wildman–Crippen LogP) is 4.42. The molecule has 0 saturated carbocycles. The molecule has 5 heteroatoms. The van der Waals surface area contributed by atoms with Crippen molar-refractivity contribution >= 4 is 40.4 Å². The first-order valence-electron chi connectivity index (χ1n) is 5.94. The van der Waals surface area contributed by atoms with Gasteiger partial charge < -0.3 is 5.32 Å². The van der Waals surface area contributed by atoms with Gasteiger partial charge in [0, 0.05) is 6.54 Å². The molecule has 2 rings (SSSR count). The predicted molar refractivity (Wildman–Crippen MR) is 81.4 cm³/mol. The second-order valence-electron chi connectivity index (χ2n) is 4.08. The maximum absolute atomic E-state index is 11.8. The van der Waals surface area contributed by atoms with E-state index in [-0.39, 0.29) is 5.91 Å². The highest BCUT2D eigenvalue weighted by Crippen LogP contribution is 2.31. The number of aryl methyl sites for hydroxylation is 1. The van der Waals surface area contributed by atoms with E-state index in [0.717, 1.165) is 12.8 Å². The fourth-order valence-corrected chi connectivity index (χ4v) is 2.97. The van der Waals surface area contributed by atoms with Crippen LogP contribution >= 0.6 is 34.5 Å². The molecule has 0 radical (unpaired) electrons. The molecule has 0 saturated heterocycles. The second kappa shape index (κ2) is 6.94. The van der Waals surface area contributed by atoms with Crippen LogP contribution in [0.25, 0.3) is 0 Å². The van der Waals surface area contributed by atoms with Crippen molar-refractivity contribution in [1.82, 2.24) is 5.32 Å². The number of carbonyl (C=O) groups is 1. The summed E-state index contributed by atoms with van der Waals surface area (Å²) in [5.41, 5.74) is 1.28. The number of carbonyl (C=O) groups excluding carboxylic acids is 1. The highest BCUT2D eigenvalue weighted by molar-refractivity contribution is 7.18. The van der Waals surface area contributed by atoms with Crippen LogP contribution < -0.4 is 5.32 Å². The summed E-state index contributed by atoms with van der Waals surface area (Å²) in [4.78, 5) is 12.4.